The molecule has 0 saturated carbocycles. The molecule has 2 rings (SSSR count). The van der Waals surface area contributed by atoms with E-state index < -0.39 is 10.0 Å². The number of hydrogen-bond acceptors (Lipinski definition) is 3. The van der Waals surface area contributed by atoms with Gasteiger partial charge in [-0.3, -0.25) is 4.72 Å². The van der Waals surface area contributed by atoms with Gasteiger partial charge in [-0.25, -0.2) is 8.42 Å². The van der Waals surface area contributed by atoms with Crippen LogP contribution < -0.4 is 10.5 Å². The molecular weight excluding hydrogens is 352 g/mol. The summed E-state index contributed by atoms with van der Waals surface area (Å²) in [6, 6.07) is 8.77. The Labute approximate surface area is 133 Å². The van der Waals surface area contributed by atoms with E-state index in [0.717, 1.165) is 5.56 Å². The molecule has 0 aliphatic carbocycles. The molecule has 6 heteroatoms. The van der Waals surface area contributed by atoms with Crippen molar-refractivity contribution in [2.75, 3.05) is 10.5 Å². The van der Waals surface area contributed by atoms with Crippen LogP contribution in [0.5, 0.6) is 0 Å². The van der Waals surface area contributed by atoms with E-state index in [4.69, 9.17) is 5.73 Å². The van der Waals surface area contributed by atoms with Crippen molar-refractivity contribution in [1.82, 2.24) is 0 Å². The number of halogens is 1. The second-order valence-electron chi connectivity index (χ2n) is 5.07. The highest BCUT2D eigenvalue weighted by Gasteiger charge is 2.21. The van der Waals surface area contributed by atoms with Crippen molar-refractivity contribution >= 4 is 37.3 Å². The zero-order valence-electron chi connectivity index (χ0n) is 12.1. The lowest BCUT2D eigenvalue weighted by molar-refractivity contribution is 0.600. The van der Waals surface area contributed by atoms with Gasteiger partial charge in [0.1, 0.15) is 0 Å². The summed E-state index contributed by atoms with van der Waals surface area (Å²) in [5, 5.41) is 0. The second-order valence-corrected chi connectivity index (χ2v) is 7.55. The third kappa shape index (κ3) is 3.39. The SMILES string of the molecule is Cc1ccc(NS(=O)(=O)c2c(C)cc(N)cc2C)c(Br)c1. The van der Waals surface area contributed by atoms with Crippen LogP contribution in [0.4, 0.5) is 11.4 Å². The Bertz CT molecular complexity index is 778. The van der Waals surface area contributed by atoms with Gasteiger partial charge >= 0.3 is 0 Å². The number of benzene rings is 2. The molecule has 0 heterocycles. The van der Waals surface area contributed by atoms with Crippen molar-refractivity contribution in [2.24, 2.45) is 0 Å². The van der Waals surface area contributed by atoms with Crippen LogP contribution in [0, 0.1) is 20.8 Å². The Morgan fingerprint density at radius 2 is 1.62 bits per heavy atom. The molecule has 0 aromatic heterocycles. The third-order valence-corrected chi connectivity index (χ3v) is 5.45. The average Bonchev–Trinajstić information content (AvgIpc) is 2.30. The van der Waals surface area contributed by atoms with E-state index in [2.05, 4.69) is 20.7 Å². The zero-order chi connectivity index (χ0) is 15.8. The van der Waals surface area contributed by atoms with E-state index in [9.17, 15) is 8.42 Å². The Morgan fingerprint density at radius 3 is 2.14 bits per heavy atom. The summed E-state index contributed by atoms with van der Waals surface area (Å²) in [6.45, 7) is 5.42. The molecule has 0 atom stereocenters. The van der Waals surface area contributed by atoms with Crippen LogP contribution in [0.25, 0.3) is 0 Å². The maximum absolute atomic E-state index is 12.6. The molecule has 0 unspecified atom stereocenters. The van der Waals surface area contributed by atoms with Gasteiger partial charge in [0.05, 0.1) is 10.6 Å². The minimum atomic E-state index is -3.66. The van der Waals surface area contributed by atoms with E-state index in [-0.39, 0.29) is 4.90 Å². The number of aryl methyl sites for hydroxylation is 3. The number of nitrogens with two attached hydrogens (primary N) is 1. The highest BCUT2D eigenvalue weighted by molar-refractivity contribution is 9.10. The summed E-state index contributed by atoms with van der Waals surface area (Å²) >= 11 is 3.37. The van der Waals surface area contributed by atoms with Gasteiger partial charge in [-0.1, -0.05) is 6.07 Å². The second kappa shape index (κ2) is 5.69. The molecule has 2 aromatic rings. The molecule has 0 spiro atoms. The van der Waals surface area contributed by atoms with Crippen LogP contribution in [0.3, 0.4) is 0 Å². The summed E-state index contributed by atoms with van der Waals surface area (Å²) in [5.74, 6) is 0. The lowest BCUT2D eigenvalue weighted by atomic mass is 10.1. The molecule has 0 bridgehead atoms. The molecule has 112 valence electrons. The van der Waals surface area contributed by atoms with E-state index in [1.165, 1.54) is 0 Å². The average molecular weight is 369 g/mol. The zero-order valence-corrected chi connectivity index (χ0v) is 14.5. The van der Waals surface area contributed by atoms with E-state index in [1.54, 1.807) is 32.0 Å². The molecule has 3 N–H and O–H groups in total. The molecule has 2 aromatic carbocycles. The first-order chi connectivity index (χ1) is 9.70. The Balaban J connectivity index is 2.48. The quantitative estimate of drug-likeness (QED) is 0.810. The largest absolute Gasteiger partial charge is 0.399 e. The third-order valence-electron chi connectivity index (χ3n) is 3.12. The first-order valence-electron chi connectivity index (χ1n) is 6.36. The summed E-state index contributed by atoms with van der Waals surface area (Å²) in [6.07, 6.45) is 0. The van der Waals surface area contributed by atoms with Crippen molar-refractivity contribution < 1.29 is 8.42 Å². The first-order valence-corrected chi connectivity index (χ1v) is 8.64. The summed E-state index contributed by atoms with van der Waals surface area (Å²) in [4.78, 5) is 0.268. The summed E-state index contributed by atoms with van der Waals surface area (Å²) in [7, 11) is -3.66. The molecule has 4 nitrogen and oxygen atoms in total. The maximum atomic E-state index is 12.6. The molecule has 21 heavy (non-hydrogen) atoms. The summed E-state index contributed by atoms with van der Waals surface area (Å²) < 4.78 is 28.6. The van der Waals surface area contributed by atoms with Gasteiger partial charge in [-0.2, -0.15) is 0 Å². The van der Waals surface area contributed by atoms with Gasteiger partial charge in [0.15, 0.2) is 0 Å². The maximum Gasteiger partial charge on any atom is 0.262 e. The highest BCUT2D eigenvalue weighted by atomic mass is 79.9. The van der Waals surface area contributed by atoms with Crippen LogP contribution >= 0.6 is 15.9 Å². The molecule has 0 saturated heterocycles. The van der Waals surface area contributed by atoms with Crippen LogP contribution in [0.1, 0.15) is 16.7 Å². The smallest absolute Gasteiger partial charge is 0.262 e. The van der Waals surface area contributed by atoms with Crippen molar-refractivity contribution in [3.63, 3.8) is 0 Å². The molecule has 0 aliphatic heterocycles. The van der Waals surface area contributed by atoms with Crippen molar-refractivity contribution in [1.29, 1.82) is 0 Å². The summed E-state index contributed by atoms with van der Waals surface area (Å²) in [5.41, 5.74) is 9.11. The fourth-order valence-corrected chi connectivity index (χ4v) is 4.57. The minimum absolute atomic E-state index is 0.268. The predicted molar refractivity (Wildman–Crippen MR) is 90.0 cm³/mol. The Kier molecular flexibility index (Phi) is 4.30. The van der Waals surface area contributed by atoms with Crippen LogP contribution in [0.2, 0.25) is 0 Å². The van der Waals surface area contributed by atoms with Gasteiger partial charge in [0.2, 0.25) is 0 Å². The number of hydrogen-bond donors (Lipinski definition) is 2. The van der Waals surface area contributed by atoms with Crippen LogP contribution in [-0.4, -0.2) is 8.42 Å². The molecular formula is C15H17BrN2O2S. The lowest BCUT2D eigenvalue weighted by Crippen LogP contribution is -2.16. The van der Waals surface area contributed by atoms with E-state index in [0.29, 0.717) is 27.0 Å². The molecule has 0 radical (unpaired) electrons. The molecule has 0 aliphatic rings. The topological polar surface area (TPSA) is 72.2 Å². The number of nitrogens with one attached hydrogen (secondary N) is 1. The normalized spacial score (nSPS) is 11.4. The van der Waals surface area contributed by atoms with Crippen molar-refractivity contribution in [3.8, 4) is 0 Å². The molecule has 0 amide bonds. The van der Waals surface area contributed by atoms with Crippen LogP contribution in [0.15, 0.2) is 39.7 Å². The van der Waals surface area contributed by atoms with Crippen molar-refractivity contribution in [3.05, 3.63) is 51.5 Å². The van der Waals surface area contributed by atoms with Gasteiger partial charge in [0, 0.05) is 10.2 Å². The van der Waals surface area contributed by atoms with Gasteiger partial charge in [-0.05, 0) is 77.7 Å². The highest BCUT2D eigenvalue weighted by Crippen LogP contribution is 2.29. The van der Waals surface area contributed by atoms with E-state index in [1.807, 2.05) is 19.1 Å². The van der Waals surface area contributed by atoms with Gasteiger partial charge in [-0.15, -0.1) is 0 Å². The van der Waals surface area contributed by atoms with Gasteiger partial charge < -0.3 is 5.73 Å². The standard InChI is InChI=1S/C15H17BrN2O2S/c1-9-4-5-14(13(16)6-9)18-21(19,20)15-10(2)7-12(17)8-11(15)3/h4-8,18H,17H2,1-3H3. The molecule has 0 fully saturated rings. The monoisotopic (exact) mass is 368 g/mol. The number of rotatable bonds is 3. The number of nitrogen functional groups attached to an aromatic ring is 1. The van der Waals surface area contributed by atoms with Gasteiger partial charge in [0.25, 0.3) is 10.0 Å². The predicted octanol–water partition coefficient (Wildman–Crippen LogP) is 3.76. The minimum Gasteiger partial charge on any atom is -0.399 e. The Hall–Kier alpha value is -1.53. The Morgan fingerprint density at radius 1 is 1.05 bits per heavy atom. The fourth-order valence-electron chi connectivity index (χ4n) is 2.31. The number of sulfonamides is 1. The lowest BCUT2D eigenvalue weighted by Gasteiger charge is -2.15. The van der Waals surface area contributed by atoms with E-state index >= 15 is 0 Å². The van der Waals surface area contributed by atoms with Crippen LogP contribution in [-0.2, 0) is 10.0 Å². The number of anilines is 2. The first kappa shape index (κ1) is 15.9. The fraction of sp³-hybridized carbons (Fsp3) is 0.200. The van der Waals surface area contributed by atoms with Crippen molar-refractivity contribution in [2.45, 2.75) is 25.7 Å².